The molecule has 2 aromatic rings. The number of hydrogen-bond acceptors (Lipinski definition) is 4. The molecule has 1 aliphatic carbocycles. The molecular formula is C21H25N3O2S. The summed E-state index contributed by atoms with van der Waals surface area (Å²) in [5, 5.41) is 5.56. The molecule has 0 aliphatic heterocycles. The molecule has 1 aliphatic rings. The fourth-order valence-corrected chi connectivity index (χ4v) is 4.10. The lowest BCUT2D eigenvalue weighted by molar-refractivity contribution is -0.120. The highest BCUT2D eigenvalue weighted by Crippen LogP contribution is 2.28. The summed E-state index contributed by atoms with van der Waals surface area (Å²) in [5.74, 6) is 0.676. The number of thioether (sulfide) groups is 1. The lowest BCUT2D eigenvalue weighted by Crippen LogP contribution is -2.24. The van der Waals surface area contributed by atoms with E-state index in [1.54, 1.807) is 18.3 Å². The number of pyridine rings is 1. The predicted octanol–water partition coefficient (Wildman–Crippen LogP) is 4.72. The lowest BCUT2D eigenvalue weighted by Gasteiger charge is -2.21. The highest BCUT2D eigenvalue weighted by Gasteiger charge is 2.21. The molecule has 0 radical (unpaired) electrons. The number of nitrogens with zero attached hydrogens (tertiary/aromatic N) is 1. The average molecular weight is 384 g/mol. The lowest BCUT2D eigenvalue weighted by atomic mass is 9.88. The molecule has 0 bridgehead atoms. The monoisotopic (exact) mass is 383 g/mol. The fourth-order valence-electron chi connectivity index (χ4n) is 3.18. The van der Waals surface area contributed by atoms with E-state index in [-0.39, 0.29) is 23.0 Å². The third-order valence-corrected chi connectivity index (χ3v) is 5.77. The average Bonchev–Trinajstić information content (AvgIpc) is 2.69. The van der Waals surface area contributed by atoms with Crippen LogP contribution >= 0.6 is 11.8 Å². The van der Waals surface area contributed by atoms with Gasteiger partial charge in [-0.3, -0.25) is 9.59 Å². The van der Waals surface area contributed by atoms with Gasteiger partial charge in [-0.15, -0.1) is 11.8 Å². The Hall–Kier alpha value is -2.34. The maximum atomic E-state index is 12.4. The second kappa shape index (κ2) is 9.55. The number of carbonyl (C=O) groups excluding carboxylic acids is 2. The van der Waals surface area contributed by atoms with E-state index in [0.29, 0.717) is 5.82 Å². The van der Waals surface area contributed by atoms with Gasteiger partial charge in [0.05, 0.1) is 5.25 Å². The van der Waals surface area contributed by atoms with Gasteiger partial charge in [-0.1, -0.05) is 31.4 Å². The summed E-state index contributed by atoms with van der Waals surface area (Å²) >= 11 is 1.46. The molecule has 1 aromatic heterocycles. The Kier molecular flexibility index (Phi) is 6.87. The van der Waals surface area contributed by atoms with Crippen molar-refractivity contribution in [1.29, 1.82) is 0 Å². The molecule has 0 saturated heterocycles. The van der Waals surface area contributed by atoms with Gasteiger partial charge in [0, 0.05) is 22.7 Å². The van der Waals surface area contributed by atoms with Crippen LogP contribution in [0.15, 0.2) is 53.6 Å². The van der Waals surface area contributed by atoms with Gasteiger partial charge in [0.15, 0.2) is 0 Å². The quantitative estimate of drug-likeness (QED) is 0.708. The highest BCUT2D eigenvalue weighted by molar-refractivity contribution is 8.00. The van der Waals surface area contributed by atoms with Crippen LogP contribution in [-0.4, -0.2) is 22.0 Å². The number of hydrogen-bond donors (Lipinski definition) is 2. The third kappa shape index (κ3) is 5.82. The number of benzene rings is 1. The Labute approximate surface area is 164 Å². The number of anilines is 2. The first-order valence-electron chi connectivity index (χ1n) is 9.41. The summed E-state index contributed by atoms with van der Waals surface area (Å²) < 4.78 is 0. The molecule has 1 atom stereocenters. The van der Waals surface area contributed by atoms with Gasteiger partial charge in [-0.2, -0.15) is 0 Å². The van der Waals surface area contributed by atoms with E-state index >= 15 is 0 Å². The minimum atomic E-state index is -0.281. The van der Waals surface area contributed by atoms with Crippen LogP contribution in [-0.2, 0) is 9.59 Å². The van der Waals surface area contributed by atoms with E-state index in [1.807, 2.05) is 37.3 Å². The van der Waals surface area contributed by atoms with Gasteiger partial charge in [0.25, 0.3) is 0 Å². The van der Waals surface area contributed by atoms with Crippen LogP contribution in [0, 0.1) is 5.92 Å². The second-order valence-electron chi connectivity index (χ2n) is 6.82. The molecular weight excluding hydrogens is 358 g/mol. The molecule has 1 fully saturated rings. The molecule has 1 saturated carbocycles. The van der Waals surface area contributed by atoms with Crippen molar-refractivity contribution in [2.75, 3.05) is 10.6 Å². The summed E-state index contributed by atoms with van der Waals surface area (Å²) in [6.07, 6.45) is 7.10. The van der Waals surface area contributed by atoms with Gasteiger partial charge in [-0.05, 0) is 50.1 Å². The molecule has 3 rings (SSSR count). The van der Waals surface area contributed by atoms with Gasteiger partial charge < -0.3 is 10.6 Å². The van der Waals surface area contributed by atoms with Crippen LogP contribution in [0.3, 0.4) is 0 Å². The normalized spacial score (nSPS) is 15.7. The van der Waals surface area contributed by atoms with Crippen molar-refractivity contribution in [2.45, 2.75) is 49.2 Å². The largest absolute Gasteiger partial charge is 0.326 e. The first-order chi connectivity index (χ1) is 13.1. The maximum Gasteiger partial charge on any atom is 0.238 e. The third-order valence-electron chi connectivity index (χ3n) is 4.68. The van der Waals surface area contributed by atoms with E-state index < -0.39 is 0 Å². The highest BCUT2D eigenvalue weighted by atomic mass is 32.2. The van der Waals surface area contributed by atoms with Crippen molar-refractivity contribution in [3.8, 4) is 0 Å². The van der Waals surface area contributed by atoms with Crippen LogP contribution < -0.4 is 10.6 Å². The minimum Gasteiger partial charge on any atom is -0.326 e. The molecule has 27 heavy (non-hydrogen) atoms. The molecule has 6 heteroatoms. The maximum absolute atomic E-state index is 12.4. The fraction of sp³-hybridized carbons (Fsp3) is 0.381. The van der Waals surface area contributed by atoms with Crippen LogP contribution in [0.1, 0.15) is 39.0 Å². The van der Waals surface area contributed by atoms with E-state index in [2.05, 4.69) is 15.6 Å². The van der Waals surface area contributed by atoms with Crippen LogP contribution in [0.25, 0.3) is 0 Å². The van der Waals surface area contributed by atoms with Crippen LogP contribution in [0.5, 0.6) is 0 Å². The van der Waals surface area contributed by atoms with Crippen molar-refractivity contribution < 1.29 is 9.59 Å². The number of rotatable bonds is 6. The Balaban J connectivity index is 1.56. The summed E-state index contributed by atoms with van der Waals surface area (Å²) in [5.41, 5.74) is 0.785. The summed E-state index contributed by atoms with van der Waals surface area (Å²) in [7, 11) is 0. The van der Waals surface area contributed by atoms with Crippen LogP contribution in [0.4, 0.5) is 11.5 Å². The number of carbonyl (C=O) groups is 2. The summed E-state index contributed by atoms with van der Waals surface area (Å²) in [6, 6.07) is 13.1. The predicted molar refractivity (Wildman–Crippen MR) is 110 cm³/mol. The molecule has 5 nitrogen and oxygen atoms in total. The van der Waals surface area contributed by atoms with Crippen molar-refractivity contribution in [1.82, 2.24) is 4.98 Å². The molecule has 1 unspecified atom stereocenters. The zero-order valence-electron chi connectivity index (χ0n) is 15.5. The summed E-state index contributed by atoms with van der Waals surface area (Å²) in [6.45, 7) is 1.86. The number of nitrogens with one attached hydrogen (secondary N) is 2. The molecule has 1 heterocycles. The minimum absolute atomic E-state index is 0.102. The zero-order chi connectivity index (χ0) is 19.1. The molecule has 1 aromatic carbocycles. The SMILES string of the molecule is CC(Sc1cccc(NC(=O)C2CCCCC2)c1)C(=O)Nc1ccccn1. The first kappa shape index (κ1) is 19.4. The molecule has 2 amide bonds. The number of aromatic nitrogens is 1. The zero-order valence-corrected chi connectivity index (χ0v) is 16.3. The standard InChI is InChI=1S/C21H25N3O2S/c1-15(20(25)24-19-12-5-6-13-22-19)27-18-11-7-10-17(14-18)23-21(26)16-8-3-2-4-9-16/h5-7,10-16H,2-4,8-9H2,1H3,(H,23,26)(H,22,24,25). The van der Waals surface area contributed by atoms with Crippen molar-refractivity contribution >= 4 is 35.1 Å². The van der Waals surface area contributed by atoms with Gasteiger partial charge in [0.2, 0.25) is 11.8 Å². The van der Waals surface area contributed by atoms with Gasteiger partial charge >= 0.3 is 0 Å². The molecule has 2 N–H and O–H groups in total. The van der Waals surface area contributed by atoms with E-state index in [1.165, 1.54) is 18.2 Å². The molecule has 142 valence electrons. The van der Waals surface area contributed by atoms with Crippen molar-refractivity contribution in [3.63, 3.8) is 0 Å². The van der Waals surface area contributed by atoms with Crippen molar-refractivity contribution in [3.05, 3.63) is 48.7 Å². The van der Waals surface area contributed by atoms with E-state index in [4.69, 9.17) is 0 Å². The van der Waals surface area contributed by atoms with E-state index in [9.17, 15) is 9.59 Å². The smallest absolute Gasteiger partial charge is 0.238 e. The van der Waals surface area contributed by atoms with Gasteiger partial charge in [0.1, 0.15) is 5.82 Å². The Morgan fingerprint density at radius 1 is 1.07 bits per heavy atom. The van der Waals surface area contributed by atoms with Crippen LogP contribution in [0.2, 0.25) is 0 Å². The Morgan fingerprint density at radius 2 is 1.89 bits per heavy atom. The Bertz CT molecular complexity index is 776. The molecule has 0 spiro atoms. The van der Waals surface area contributed by atoms with E-state index in [0.717, 1.165) is 36.3 Å². The van der Waals surface area contributed by atoms with Crippen molar-refractivity contribution in [2.24, 2.45) is 5.92 Å². The number of amides is 2. The first-order valence-corrected chi connectivity index (χ1v) is 10.3. The summed E-state index contributed by atoms with van der Waals surface area (Å²) in [4.78, 5) is 29.8. The second-order valence-corrected chi connectivity index (χ2v) is 8.23. The topological polar surface area (TPSA) is 71.1 Å². The van der Waals surface area contributed by atoms with Gasteiger partial charge in [-0.25, -0.2) is 4.98 Å². The Morgan fingerprint density at radius 3 is 2.63 bits per heavy atom.